The average Bonchev–Trinajstić information content (AvgIpc) is 3.21. The summed E-state index contributed by atoms with van der Waals surface area (Å²) in [4.78, 5) is 0. The van der Waals surface area contributed by atoms with E-state index in [1.165, 1.54) is 85.9 Å². The number of para-hydroxylation sites is 3. The second-order valence-corrected chi connectivity index (χ2v) is 16.1. The Kier molecular flexibility index (Phi) is 12.9. The zero-order valence-electron chi connectivity index (χ0n) is 31.3. The van der Waals surface area contributed by atoms with Crippen molar-refractivity contribution in [1.82, 2.24) is 0 Å². The Morgan fingerprint density at radius 1 is 0.509 bits per heavy atom. The van der Waals surface area contributed by atoms with Crippen LogP contribution in [0.15, 0.2) is 121 Å². The summed E-state index contributed by atoms with van der Waals surface area (Å²) in [6, 6.07) is 41.2. The molecular weight excluding hydrogens is 674 g/mol. The number of benzene rings is 5. The summed E-state index contributed by atoms with van der Waals surface area (Å²) in [5.74, 6) is 4.97. The van der Waals surface area contributed by atoms with Gasteiger partial charge in [0.15, 0.2) is 0 Å². The fourth-order valence-electron chi connectivity index (χ4n) is 8.10. The van der Waals surface area contributed by atoms with Crippen LogP contribution in [0.4, 0.5) is 0 Å². The number of ether oxygens (including phenoxy) is 2. The van der Waals surface area contributed by atoms with E-state index in [1.807, 2.05) is 72.8 Å². The molecule has 2 aliphatic carbocycles. The Bertz CT molecular complexity index is 1820. The van der Waals surface area contributed by atoms with Crippen LogP contribution < -0.4 is 39.4 Å². The summed E-state index contributed by atoms with van der Waals surface area (Å²) in [5, 5.41) is 3.64. The molecule has 1 atom stereocenters. The van der Waals surface area contributed by atoms with Gasteiger partial charge in [0, 0.05) is 16.4 Å². The summed E-state index contributed by atoms with van der Waals surface area (Å²) in [6.07, 6.45) is 12.3. The summed E-state index contributed by atoms with van der Waals surface area (Å²) < 4.78 is 33.2. The highest BCUT2D eigenvalue weighted by molar-refractivity contribution is 7.80. The molecule has 2 saturated carbocycles. The van der Waals surface area contributed by atoms with E-state index in [2.05, 4.69) is 62.4 Å². The molecule has 0 radical (unpaired) electrons. The average molecular weight is 727 g/mol. The molecule has 0 aliphatic heterocycles. The Hall–Kier alpha value is -4.41. The second kappa shape index (κ2) is 18.6. The third-order valence-electron chi connectivity index (χ3n) is 10.4. The van der Waals surface area contributed by atoms with Gasteiger partial charge in [0.25, 0.3) is 0 Å². The summed E-state index contributed by atoms with van der Waals surface area (Å²) >= 11 is 0. The molecule has 2 aliphatic rings. The van der Waals surface area contributed by atoms with Crippen molar-refractivity contribution in [3.05, 3.63) is 132 Å². The number of hydrogen-bond acceptors (Lipinski definition) is 5. The van der Waals surface area contributed by atoms with Gasteiger partial charge >= 0.3 is 7.32 Å². The molecule has 0 amide bonds. The van der Waals surface area contributed by atoms with Gasteiger partial charge in [-0.25, -0.2) is 0 Å². The predicted molar refractivity (Wildman–Crippen MR) is 220 cm³/mol. The van der Waals surface area contributed by atoms with Crippen LogP contribution in [0.2, 0.25) is 0 Å². The maximum Gasteiger partial charge on any atom is 0.864 e. The Morgan fingerprint density at radius 3 is 1.58 bits per heavy atom. The first-order valence-electron chi connectivity index (χ1n) is 19.7. The Balaban J connectivity index is 1.41. The van der Waals surface area contributed by atoms with Crippen LogP contribution in [-0.2, 0) is 0 Å². The van der Waals surface area contributed by atoms with Gasteiger partial charge in [-0.3, -0.25) is 0 Å². The summed E-state index contributed by atoms with van der Waals surface area (Å²) in [5.41, 5.74) is 2.69. The van der Waals surface area contributed by atoms with Gasteiger partial charge < -0.3 is 23.4 Å². The molecule has 5 nitrogen and oxygen atoms in total. The lowest BCUT2D eigenvalue weighted by atomic mass is 9.78. The highest BCUT2D eigenvalue weighted by atomic mass is 31.1. The molecule has 2 fully saturated rings. The molecule has 5 aromatic carbocycles. The van der Waals surface area contributed by atoms with E-state index in [4.69, 9.17) is 23.4 Å². The van der Waals surface area contributed by atoms with E-state index < -0.39 is 15.2 Å². The minimum atomic E-state index is -1.14. The molecule has 0 saturated heterocycles. The van der Waals surface area contributed by atoms with Gasteiger partial charge in [-0.05, 0) is 106 Å². The predicted octanol–water partition coefficient (Wildman–Crippen LogP) is 10.9. The lowest BCUT2D eigenvalue weighted by molar-refractivity contribution is 0.298. The standard InChI is InChI=1S/C46H52BO5P/c1-3-48-41-34-43(45(36-24-12-6-13-25-36)46(49-4-2)44(41)35-22-10-5-11-23-35)53(39-30-18-9-19-31-39)42-33-21-20-32-40(42)52-47(50-37-26-14-7-15-27-37)51-38-28-16-8-17-29-38/h7-9,14-21,26-36H,3-6,10-13,22-25H2,1-2H3. The molecule has 0 heterocycles. The SMILES string of the molecule is CCOc1cc(P(c2ccccc2)c2ccccc2OB(Oc2ccccc2)Oc2ccccc2)c(C2CCCCC2)c(OCC)c1C1CCCCC1. The number of rotatable bonds is 15. The van der Waals surface area contributed by atoms with Crippen molar-refractivity contribution < 1.29 is 23.4 Å². The first-order chi connectivity index (χ1) is 26.2. The van der Waals surface area contributed by atoms with E-state index >= 15 is 0 Å². The van der Waals surface area contributed by atoms with E-state index in [9.17, 15) is 0 Å². The smallest absolute Gasteiger partial charge is 0.493 e. The highest BCUT2D eigenvalue weighted by Crippen LogP contribution is 2.52. The molecule has 0 aromatic heterocycles. The van der Waals surface area contributed by atoms with Crippen molar-refractivity contribution in [3.8, 4) is 28.7 Å². The molecule has 7 heteroatoms. The van der Waals surface area contributed by atoms with Crippen LogP contribution in [0.5, 0.6) is 28.7 Å². The minimum absolute atomic E-state index is 0.413. The van der Waals surface area contributed by atoms with Gasteiger partial charge in [-0.15, -0.1) is 0 Å². The van der Waals surface area contributed by atoms with E-state index in [1.54, 1.807) is 0 Å². The van der Waals surface area contributed by atoms with E-state index in [0.717, 1.165) is 22.6 Å². The third kappa shape index (κ3) is 9.04. The maximum absolute atomic E-state index is 6.91. The normalized spacial score (nSPS) is 15.7. The Labute approximate surface area is 317 Å². The lowest BCUT2D eigenvalue weighted by Gasteiger charge is -2.35. The summed E-state index contributed by atoms with van der Waals surface area (Å²) in [7, 11) is -2.17. The van der Waals surface area contributed by atoms with Crippen molar-refractivity contribution in [2.75, 3.05) is 13.2 Å². The van der Waals surface area contributed by atoms with Crippen LogP contribution in [0.3, 0.4) is 0 Å². The van der Waals surface area contributed by atoms with Gasteiger partial charge in [0.1, 0.15) is 28.7 Å². The van der Waals surface area contributed by atoms with Crippen LogP contribution in [0, 0.1) is 0 Å². The third-order valence-corrected chi connectivity index (χ3v) is 13.0. The molecule has 53 heavy (non-hydrogen) atoms. The second-order valence-electron chi connectivity index (χ2n) is 14.0. The molecule has 0 spiro atoms. The van der Waals surface area contributed by atoms with Gasteiger partial charge in [0.2, 0.25) is 0 Å². The monoisotopic (exact) mass is 726 g/mol. The molecule has 1 unspecified atom stereocenters. The van der Waals surface area contributed by atoms with Crippen molar-refractivity contribution in [2.24, 2.45) is 0 Å². The fraction of sp³-hybridized carbons (Fsp3) is 0.348. The Morgan fingerprint density at radius 2 is 1.02 bits per heavy atom. The van der Waals surface area contributed by atoms with Crippen LogP contribution in [0.1, 0.15) is 101 Å². The molecule has 274 valence electrons. The quantitative estimate of drug-likeness (QED) is 0.0794. The van der Waals surface area contributed by atoms with Gasteiger partial charge in [0.05, 0.1) is 13.2 Å². The maximum atomic E-state index is 6.91. The van der Waals surface area contributed by atoms with Gasteiger partial charge in [-0.1, -0.05) is 123 Å². The first-order valence-corrected chi connectivity index (χ1v) is 21.1. The van der Waals surface area contributed by atoms with Crippen LogP contribution >= 0.6 is 7.92 Å². The van der Waals surface area contributed by atoms with E-state index in [-0.39, 0.29) is 0 Å². The molecule has 0 N–H and O–H groups in total. The van der Waals surface area contributed by atoms with Crippen molar-refractivity contribution in [1.29, 1.82) is 0 Å². The van der Waals surface area contributed by atoms with E-state index in [0.29, 0.717) is 36.5 Å². The molecule has 5 aromatic rings. The summed E-state index contributed by atoms with van der Waals surface area (Å²) in [6.45, 7) is 5.45. The largest absolute Gasteiger partial charge is 0.864 e. The minimum Gasteiger partial charge on any atom is -0.493 e. The lowest BCUT2D eigenvalue weighted by Crippen LogP contribution is -2.38. The van der Waals surface area contributed by atoms with Crippen molar-refractivity contribution in [3.63, 3.8) is 0 Å². The highest BCUT2D eigenvalue weighted by Gasteiger charge is 2.37. The zero-order chi connectivity index (χ0) is 36.2. The zero-order valence-corrected chi connectivity index (χ0v) is 32.1. The molecule has 0 bridgehead atoms. The molecular formula is C46H52BO5P. The number of hydrogen-bond donors (Lipinski definition) is 0. The van der Waals surface area contributed by atoms with Crippen molar-refractivity contribution >= 4 is 31.2 Å². The molecule has 7 rings (SSSR count). The first kappa shape index (κ1) is 36.9. The van der Waals surface area contributed by atoms with Crippen LogP contribution in [-0.4, -0.2) is 20.5 Å². The van der Waals surface area contributed by atoms with Crippen molar-refractivity contribution in [2.45, 2.75) is 89.9 Å². The van der Waals surface area contributed by atoms with Crippen LogP contribution in [0.25, 0.3) is 0 Å². The van der Waals surface area contributed by atoms with Gasteiger partial charge in [-0.2, -0.15) is 0 Å². The topological polar surface area (TPSA) is 46.2 Å². The fourth-order valence-corrected chi connectivity index (χ4v) is 10.7.